The monoisotopic (exact) mass is 424 g/mol. The van der Waals surface area contributed by atoms with E-state index in [-0.39, 0.29) is 24.4 Å². The molecule has 31 heavy (non-hydrogen) atoms. The molecule has 1 fully saturated rings. The summed E-state index contributed by atoms with van der Waals surface area (Å²) in [6.07, 6.45) is 0.381. The Balaban J connectivity index is 1.41. The van der Waals surface area contributed by atoms with Gasteiger partial charge in [-0.05, 0) is 55.7 Å². The van der Waals surface area contributed by atoms with E-state index in [1.165, 1.54) is 6.07 Å². The van der Waals surface area contributed by atoms with Crippen LogP contribution >= 0.6 is 0 Å². The van der Waals surface area contributed by atoms with E-state index in [0.29, 0.717) is 37.7 Å². The van der Waals surface area contributed by atoms with Gasteiger partial charge in [0.2, 0.25) is 5.91 Å². The maximum absolute atomic E-state index is 13.5. The van der Waals surface area contributed by atoms with E-state index in [4.69, 9.17) is 9.26 Å². The van der Waals surface area contributed by atoms with E-state index in [0.717, 1.165) is 22.5 Å². The van der Waals surface area contributed by atoms with Crippen LogP contribution in [0.1, 0.15) is 34.4 Å². The SMILES string of the molecule is Cc1cc(Cc2cccc(F)c2)cc(C2CN(CC(=O)Nc3cc(C)on3)CCO2)n1. The fourth-order valence-corrected chi connectivity index (χ4v) is 3.75. The van der Waals surface area contributed by atoms with Crippen LogP contribution in [0.2, 0.25) is 0 Å². The largest absolute Gasteiger partial charge is 0.369 e. The molecule has 1 N–H and O–H groups in total. The predicted molar refractivity (Wildman–Crippen MR) is 113 cm³/mol. The fraction of sp³-hybridized carbons (Fsp3) is 0.348. The number of rotatable bonds is 6. The topological polar surface area (TPSA) is 80.5 Å². The number of carbonyl (C=O) groups excluding carboxylic acids is 1. The van der Waals surface area contributed by atoms with Gasteiger partial charge in [-0.25, -0.2) is 4.39 Å². The number of aromatic nitrogens is 2. The number of nitrogens with one attached hydrogen (secondary N) is 1. The van der Waals surface area contributed by atoms with Gasteiger partial charge in [-0.1, -0.05) is 17.3 Å². The normalized spacial score (nSPS) is 16.9. The number of hydrogen-bond acceptors (Lipinski definition) is 6. The lowest BCUT2D eigenvalue weighted by Gasteiger charge is -2.32. The molecule has 3 aromatic rings. The summed E-state index contributed by atoms with van der Waals surface area (Å²) in [5, 5.41) is 6.53. The van der Waals surface area contributed by atoms with Crippen LogP contribution in [0.4, 0.5) is 10.2 Å². The Morgan fingerprint density at radius 2 is 2.10 bits per heavy atom. The Bertz CT molecular complexity index is 1070. The number of nitrogens with zero attached hydrogens (tertiary/aromatic N) is 3. The summed E-state index contributed by atoms with van der Waals surface area (Å²) in [7, 11) is 0. The molecule has 4 rings (SSSR count). The number of aryl methyl sites for hydroxylation is 2. The molecule has 0 spiro atoms. The molecule has 1 amide bonds. The van der Waals surface area contributed by atoms with E-state index in [1.54, 1.807) is 25.1 Å². The van der Waals surface area contributed by atoms with Crippen molar-refractivity contribution in [3.8, 4) is 0 Å². The summed E-state index contributed by atoms with van der Waals surface area (Å²) in [6.45, 7) is 5.66. The number of morpholine rings is 1. The van der Waals surface area contributed by atoms with Crippen molar-refractivity contribution in [1.29, 1.82) is 0 Å². The average Bonchev–Trinajstić information content (AvgIpc) is 3.12. The second-order valence-electron chi connectivity index (χ2n) is 7.81. The first kappa shape index (κ1) is 21.1. The smallest absolute Gasteiger partial charge is 0.239 e. The third kappa shape index (κ3) is 5.74. The van der Waals surface area contributed by atoms with E-state index >= 15 is 0 Å². The molecule has 1 saturated heterocycles. The summed E-state index contributed by atoms with van der Waals surface area (Å²) >= 11 is 0. The molecule has 0 bridgehead atoms. The summed E-state index contributed by atoms with van der Waals surface area (Å²) in [5.74, 6) is 0.655. The van der Waals surface area contributed by atoms with Crippen LogP contribution in [-0.4, -0.2) is 47.2 Å². The van der Waals surface area contributed by atoms with Crippen molar-refractivity contribution in [1.82, 2.24) is 15.0 Å². The summed E-state index contributed by atoms with van der Waals surface area (Å²) in [4.78, 5) is 19.0. The Kier molecular flexibility index (Phi) is 6.39. The zero-order valence-electron chi connectivity index (χ0n) is 17.6. The molecule has 1 aliphatic heterocycles. The Labute approximate surface area is 180 Å². The van der Waals surface area contributed by atoms with Crippen molar-refractivity contribution < 1.29 is 18.4 Å². The number of ether oxygens (including phenoxy) is 1. The first-order valence-corrected chi connectivity index (χ1v) is 10.2. The van der Waals surface area contributed by atoms with Crippen molar-refractivity contribution in [3.05, 3.63) is 76.6 Å². The minimum atomic E-state index is -0.242. The third-order valence-corrected chi connectivity index (χ3v) is 5.07. The van der Waals surface area contributed by atoms with Gasteiger partial charge < -0.3 is 14.6 Å². The van der Waals surface area contributed by atoms with Gasteiger partial charge in [0.1, 0.15) is 17.7 Å². The number of hydrogen-bond donors (Lipinski definition) is 1. The molecule has 7 nitrogen and oxygen atoms in total. The van der Waals surface area contributed by atoms with Crippen LogP contribution in [0.3, 0.4) is 0 Å². The lowest BCUT2D eigenvalue weighted by molar-refractivity contribution is -0.119. The highest BCUT2D eigenvalue weighted by atomic mass is 19.1. The van der Waals surface area contributed by atoms with Gasteiger partial charge in [-0.3, -0.25) is 14.7 Å². The molecule has 1 atom stereocenters. The van der Waals surface area contributed by atoms with Crippen LogP contribution in [0.5, 0.6) is 0 Å². The van der Waals surface area contributed by atoms with E-state index < -0.39 is 0 Å². The highest BCUT2D eigenvalue weighted by Gasteiger charge is 2.25. The van der Waals surface area contributed by atoms with Gasteiger partial charge in [-0.2, -0.15) is 0 Å². The number of anilines is 1. The van der Waals surface area contributed by atoms with Gasteiger partial charge in [-0.15, -0.1) is 0 Å². The van der Waals surface area contributed by atoms with Gasteiger partial charge in [0.25, 0.3) is 0 Å². The minimum absolute atomic E-state index is 0.155. The molecule has 0 saturated carbocycles. The molecule has 0 radical (unpaired) electrons. The molecule has 3 heterocycles. The highest BCUT2D eigenvalue weighted by Crippen LogP contribution is 2.23. The number of halogens is 1. The summed E-state index contributed by atoms with van der Waals surface area (Å²) < 4.78 is 24.5. The van der Waals surface area contributed by atoms with Gasteiger partial charge in [0.05, 0.1) is 18.8 Å². The molecular formula is C23H25FN4O3. The number of carbonyl (C=O) groups is 1. The Morgan fingerprint density at radius 1 is 1.23 bits per heavy atom. The molecule has 2 aromatic heterocycles. The van der Waals surface area contributed by atoms with E-state index in [1.807, 2.05) is 30.0 Å². The third-order valence-electron chi connectivity index (χ3n) is 5.07. The lowest BCUT2D eigenvalue weighted by atomic mass is 10.0. The lowest BCUT2D eigenvalue weighted by Crippen LogP contribution is -2.42. The van der Waals surface area contributed by atoms with Crippen molar-refractivity contribution in [2.45, 2.75) is 26.4 Å². The van der Waals surface area contributed by atoms with Crippen molar-refractivity contribution >= 4 is 11.7 Å². The molecule has 1 aliphatic rings. The van der Waals surface area contributed by atoms with Crippen LogP contribution in [0.15, 0.2) is 47.0 Å². The zero-order valence-corrected chi connectivity index (χ0v) is 17.6. The number of amides is 1. The quantitative estimate of drug-likeness (QED) is 0.653. The maximum atomic E-state index is 13.5. The molecule has 1 aromatic carbocycles. The first-order chi connectivity index (χ1) is 14.9. The first-order valence-electron chi connectivity index (χ1n) is 10.2. The zero-order chi connectivity index (χ0) is 21.8. The van der Waals surface area contributed by atoms with Crippen LogP contribution < -0.4 is 5.32 Å². The van der Waals surface area contributed by atoms with Crippen molar-refractivity contribution in [2.24, 2.45) is 0 Å². The van der Waals surface area contributed by atoms with Gasteiger partial charge >= 0.3 is 0 Å². The highest BCUT2D eigenvalue weighted by molar-refractivity contribution is 5.91. The molecular weight excluding hydrogens is 399 g/mol. The predicted octanol–water partition coefficient (Wildman–Crippen LogP) is 3.43. The maximum Gasteiger partial charge on any atom is 0.239 e. The van der Waals surface area contributed by atoms with Crippen LogP contribution in [0, 0.1) is 19.7 Å². The second-order valence-corrected chi connectivity index (χ2v) is 7.81. The van der Waals surface area contributed by atoms with Crippen LogP contribution in [-0.2, 0) is 16.0 Å². The standard InChI is InChI=1S/C23H25FN4O3/c1-15-8-18(10-17-4-3-5-19(24)11-17)12-20(25-15)21-13-28(6-7-30-21)14-23(29)26-22-9-16(2)31-27-22/h3-5,8-9,11-12,21H,6-7,10,13-14H2,1-2H3,(H,26,27,29). The second kappa shape index (κ2) is 9.36. The van der Waals surface area contributed by atoms with Gasteiger partial charge in [0, 0.05) is 24.8 Å². The minimum Gasteiger partial charge on any atom is -0.369 e. The molecule has 1 unspecified atom stereocenters. The molecule has 8 heteroatoms. The summed E-state index contributed by atoms with van der Waals surface area (Å²) in [5.41, 5.74) is 3.66. The summed E-state index contributed by atoms with van der Waals surface area (Å²) in [6, 6.07) is 12.3. The number of benzene rings is 1. The Morgan fingerprint density at radius 3 is 2.87 bits per heavy atom. The molecule has 0 aliphatic carbocycles. The van der Waals surface area contributed by atoms with Crippen molar-refractivity contribution in [2.75, 3.05) is 31.6 Å². The van der Waals surface area contributed by atoms with Crippen LogP contribution in [0.25, 0.3) is 0 Å². The van der Waals surface area contributed by atoms with Crippen molar-refractivity contribution in [3.63, 3.8) is 0 Å². The van der Waals surface area contributed by atoms with E-state index in [2.05, 4.69) is 15.5 Å². The Hall–Kier alpha value is -3.10. The average molecular weight is 424 g/mol. The van der Waals surface area contributed by atoms with Gasteiger partial charge in [0.15, 0.2) is 5.82 Å². The van der Waals surface area contributed by atoms with E-state index in [9.17, 15) is 9.18 Å². The fourth-order valence-electron chi connectivity index (χ4n) is 3.75. The molecule has 162 valence electrons. The number of pyridine rings is 1.